The standard InChI is InChI=1S/C31H32N2O13S/c1-17-7-19(9-21(30(17)42)11-32(13-25(34)35)14-26(36)37)29(23-5-3-4-6-24(23)47(44,45)46)20-8-18(2)31(43)22(10-20)12-33(15-27(38)39)16-28(40)41/h3-10,42H,11-16H2,1-2H3,(H,34,35)(H,36,37)(H,38,39)(H,40,41)(H,44,45,46)/p-1. The topological polar surface area (TPSA) is 250 Å². The zero-order valence-electron chi connectivity index (χ0n) is 25.2. The molecule has 0 saturated carbocycles. The molecule has 3 rings (SSSR count). The first-order valence-electron chi connectivity index (χ1n) is 13.7. The Hall–Kier alpha value is -5.16. The van der Waals surface area contributed by atoms with Gasteiger partial charge >= 0.3 is 23.9 Å². The third kappa shape index (κ3) is 9.67. The van der Waals surface area contributed by atoms with Crippen LogP contribution in [0, 0.1) is 6.92 Å². The first-order chi connectivity index (χ1) is 21.9. The molecule has 1 aliphatic carbocycles. The number of benzene rings is 2. The lowest BCUT2D eigenvalue weighted by Crippen LogP contribution is -2.37. The van der Waals surface area contributed by atoms with Crippen molar-refractivity contribution in [2.45, 2.75) is 25.3 Å². The van der Waals surface area contributed by atoms with Crippen molar-refractivity contribution in [1.82, 2.24) is 9.80 Å². The fourth-order valence-corrected chi connectivity index (χ4v) is 5.86. The lowest BCUT2D eigenvalue weighted by atomic mass is 9.85. The van der Waals surface area contributed by atoms with Crippen molar-refractivity contribution in [3.05, 3.63) is 87.5 Å². The molecule has 16 heteroatoms. The van der Waals surface area contributed by atoms with Crippen molar-refractivity contribution in [3.8, 4) is 5.75 Å². The molecule has 0 spiro atoms. The highest BCUT2D eigenvalue weighted by molar-refractivity contribution is 7.85. The Kier molecular flexibility index (Phi) is 11.6. The zero-order chi connectivity index (χ0) is 35.2. The number of aromatic hydroxyl groups is 1. The predicted octanol–water partition coefficient (Wildman–Crippen LogP) is 1.30. The van der Waals surface area contributed by atoms with Crippen LogP contribution in [0.4, 0.5) is 0 Å². The van der Waals surface area contributed by atoms with Crippen LogP contribution in [0.5, 0.6) is 5.75 Å². The van der Waals surface area contributed by atoms with Gasteiger partial charge in [0.25, 0.3) is 0 Å². The van der Waals surface area contributed by atoms with E-state index in [1.165, 1.54) is 56.3 Å². The van der Waals surface area contributed by atoms with Crippen LogP contribution in [0.3, 0.4) is 0 Å². The molecule has 2 aromatic rings. The number of aliphatic carboxylic acids is 4. The number of hydrogen-bond acceptors (Lipinski definition) is 11. The maximum Gasteiger partial charge on any atom is 0.317 e. The molecule has 0 aromatic heterocycles. The third-order valence-electron chi connectivity index (χ3n) is 6.96. The van der Waals surface area contributed by atoms with E-state index in [4.69, 9.17) is 0 Å². The summed E-state index contributed by atoms with van der Waals surface area (Å²) in [5, 5.41) is 48.1. The van der Waals surface area contributed by atoms with Gasteiger partial charge in [-0.3, -0.25) is 33.8 Å². The zero-order valence-corrected chi connectivity index (χ0v) is 26.0. The number of rotatable bonds is 15. The number of carboxylic acids is 4. The third-order valence-corrected chi connectivity index (χ3v) is 7.85. The van der Waals surface area contributed by atoms with Gasteiger partial charge in [-0.15, -0.1) is 0 Å². The van der Waals surface area contributed by atoms with E-state index in [0.29, 0.717) is 0 Å². The molecular formula is C31H31N2O13S-. The second-order valence-corrected chi connectivity index (χ2v) is 12.1. The Morgan fingerprint density at radius 1 is 0.787 bits per heavy atom. The summed E-state index contributed by atoms with van der Waals surface area (Å²) in [7, 11) is -5.10. The average molecular weight is 672 g/mol. The molecule has 5 N–H and O–H groups in total. The fraction of sp³-hybridized carbons (Fsp3) is 0.258. The molecule has 0 saturated heterocycles. The second-order valence-electron chi connectivity index (χ2n) is 10.8. The van der Waals surface area contributed by atoms with E-state index < -0.39 is 77.4 Å². The summed E-state index contributed by atoms with van der Waals surface area (Å²) in [6, 6.07) is 8.00. The van der Waals surface area contributed by atoms with Crippen LogP contribution in [-0.2, 0) is 40.6 Å². The van der Waals surface area contributed by atoms with Crippen molar-refractivity contribution in [3.63, 3.8) is 0 Å². The fourth-order valence-electron chi connectivity index (χ4n) is 5.18. The molecule has 47 heavy (non-hydrogen) atoms. The van der Waals surface area contributed by atoms with Gasteiger partial charge in [0.05, 0.1) is 31.1 Å². The van der Waals surface area contributed by atoms with Gasteiger partial charge < -0.3 is 30.1 Å². The SMILES string of the molecule is CC1=CC(=C(c2cc(C)c(O)c(CN(CC(=O)O)CC(=O)O)c2)c2ccccc2S(=O)(=O)[O-])C=C(CN(CC(=O)O)CC(=O)O)C1=O. The van der Waals surface area contributed by atoms with Crippen LogP contribution in [-0.4, -0.2) is 111 Å². The summed E-state index contributed by atoms with van der Waals surface area (Å²) in [6.07, 6.45) is 2.72. The van der Waals surface area contributed by atoms with Gasteiger partial charge in [-0.05, 0) is 72.0 Å². The minimum Gasteiger partial charge on any atom is -0.744 e. The van der Waals surface area contributed by atoms with Crippen molar-refractivity contribution < 1.29 is 62.5 Å². The lowest BCUT2D eigenvalue weighted by molar-refractivity contribution is -0.143. The van der Waals surface area contributed by atoms with Crippen LogP contribution >= 0.6 is 0 Å². The van der Waals surface area contributed by atoms with Crippen LogP contribution in [0.1, 0.15) is 29.2 Å². The summed E-state index contributed by atoms with van der Waals surface area (Å²) >= 11 is 0. The average Bonchev–Trinajstić information content (AvgIpc) is 2.92. The Labute approximate surface area is 268 Å². The van der Waals surface area contributed by atoms with Crippen LogP contribution in [0.15, 0.2) is 70.2 Å². The summed E-state index contributed by atoms with van der Waals surface area (Å²) in [6.45, 7) is -0.678. The van der Waals surface area contributed by atoms with E-state index in [1.54, 1.807) is 0 Å². The summed E-state index contributed by atoms with van der Waals surface area (Å²) in [5.74, 6) is -6.20. The van der Waals surface area contributed by atoms with Gasteiger partial charge in [-0.2, -0.15) is 0 Å². The van der Waals surface area contributed by atoms with Crippen LogP contribution < -0.4 is 0 Å². The molecule has 0 atom stereocenters. The van der Waals surface area contributed by atoms with E-state index in [-0.39, 0.29) is 56.8 Å². The maximum atomic E-state index is 13.2. The Morgan fingerprint density at radius 3 is 1.81 bits per heavy atom. The molecule has 0 fully saturated rings. The molecule has 0 bridgehead atoms. The number of aryl methyl sites for hydroxylation is 1. The van der Waals surface area contributed by atoms with E-state index >= 15 is 0 Å². The van der Waals surface area contributed by atoms with Gasteiger partial charge in [-0.25, -0.2) is 8.42 Å². The van der Waals surface area contributed by atoms with Gasteiger partial charge in [0.15, 0.2) is 5.78 Å². The molecule has 2 aromatic carbocycles. The highest BCUT2D eigenvalue weighted by Crippen LogP contribution is 2.38. The minimum atomic E-state index is -5.10. The lowest BCUT2D eigenvalue weighted by Gasteiger charge is -2.25. The minimum absolute atomic E-state index is 0.0349. The molecule has 0 radical (unpaired) electrons. The number of allylic oxidation sites excluding steroid dienone is 4. The van der Waals surface area contributed by atoms with Gasteiger partial charge in [0.2, 0.25) is 0 Å². The van der Waals surface area contributed by atoms with Gasteiger partial charge in [0, 0.05) is 29.8 Å². The number of phenolic OH excluding ortho intramolecular Hbond substituents is 1. The Morgan fingerprint density at radius 2 is 1.30 bits per heavy atom. The quantitative estimate of drug-likeness (QED) is 0.167. The van der Waals surface area contributed by atoms with Crippen molar-refractivity contribution >= 4 is 45.4 Å². The highest BCUT2D eigenvalue weighted by Gasteiger charge is 2.26. The van der Waals surface area contributed by atoms with Crippen LogP contribution in [0.25, 0.3) is 5.57 Å². The number of hydrogen-bond donors (Lipinski definition) is 5. The van der Waals surface area contributed by atoms with Crippen LogP contribution in [0.2, 0.25) is 0 Å². The number of carbonyl (C=O) groups excluding carboxylic acids is 1. The number of Topliss-reactive ketones (excluding diaryl/α,β-unsaturated/α-hetero) is 1. The number of carboxylic acid groups (broad SMARTS) is 4. The van der Waals surface area contributed by atoms with E-state index in [0.717, 1.165) is 15.9 Å². The van der Waals surface area contributed by atoms with E-state index in [2.05, 4.69) is 0 Å². The molecule has 0 unspecified atom stereocenters. The molecular weight excluding hydrogens is 640 g/mol. The smallest absolute Gasteiger partial charge is 0.317 e. The molecule has 1 aliphatic rings. The van der Waals surface area contributed by atoms with Gasteiger partial charge in [-0.1, -0.05) is 18.2 Å². The molecule has 0 amide bonds. The van der Waals surface area contributed by atoms with Crippen molar-refractivity contribution in [1.29, 1.82) is 0 Å². The normalized spacial score (nSPS) is 14.5. The number of nitrogens with zero attached hydrogens (tertiary/aromatic N) is 2. The first kappa shape index (κ1) is 36.3. The molecule has 250 valence electrons. The first-order valence-corrected chi connectivity index (χ1v) is 15.2. The number of phenols is 1. The second kappa shape index (κ2) is 15.0. The van der Waals surface area contributed by atoms with Crippen molar-refractivity contribution in [2.24, 2.45) is 0 Å². The van der Waals surface area contributed by atoms with E-state index in [9.17, 15) is 62.5 Å². The monoisotopic (exact) mass is 671 g/mol. The summed E-state index contributed by atoms with van der Waals surface area (Å²) in [5.41, 5.74) is 0.684. The molecule has 15 nitrogen and oxygen atoms in total. The van der Waals surface area contributed by atoms with E-state index in [1.807, 2.05) is 0 Å². The van der Waals surface area contributed by atoms with Crippen molar-refractivity contribution in [2.75, 3.05) is 32.7 Å². The number of carbonyl (C=O) groups is 5. The number of ketones is 1. The van der Waals surface area contributed by atoms with Gasteiger partial charge in [0.1, 0.15) is 15.9 Å². The molecule has 0 heterocycles. The Balaban J connectivity index is 2.38. The summed E-state index contributed by atoms with van der Waals surface area (Å²) in [4.78, 5) is 60.2. The largest absolute Gasteiger partial charge is 0.744 e. The maximum absolute atomic E-state index is 13.2. The highest BCUT2D eigenvalue weighted by atomic mass is 32.2. The predicted molar refractivity (Wildman–Crippen MR) is 162 cm³/mol. The summed E-state index contributed by atoms with van der Waals surface area (Å²) < 4.78 is 37.2. The molecule has 0 aliphatic heterocycles. The Bertz CT molecular complexity index is 1810.